The number of aliphatic hydroxyl groups is 3. The van der Waals surface area contributed by atoms with E-state index in [2.05, 4.69) is 63.5 Å². The quantitative estimate of drug-likeness (QED) is 0.0181. The van der Waals surface area contributed by atoms with E-state index in [0.717, 1.165) is 6.92 Å². The molecule has 570 valence electrons. The molecule has 5 rings (SSSR count). The maximum Gasteiger partial charge on any atom is 0.328 e. The molecular weight excluding hydrogens is 1360 g/mol. The van der Waals surface area contributed by atoms with Crippen LogP contribution in [-0.4, -0.2) is 211 Å². The van der Waals surface area contributed by atoms with Crippen molar-refractivity contribution in [3.63, 3.8) is 0 Å². The molecule has 105 heavy (non-hydrogen) atoms. The van der Waals surface area contributed by atoms with Crippen LogP contribution >= 0.6 is 0 Å². The molecule has 0 saturated carbocycles. The second kappa shape index (κ2) is 42.7. The molecule has 0 fully saturated rings. The molecule has 33 heteroatoms. The summed E-state index contributed by atoms with van der Waals surface area (Å²) in [7, 11) is 0. The lowest BCUT2D eigenvalue weighted by Crippen LogP contribution is -2.61. The maximum atomic E-state index is 14.6. The number of aliphatic carboxylic acids is 2. The average molecular weight is 1460 g/mol. The Balaban J connectivity index is 1.32. The number of hydrogen-bond acceptors (Lipinski definition) is 19. The number of nitrogens with one attached hydrogen (secondary N) is 12. The molecule has 4 aromatic carbocycles. The van der Waals surface area contributed by atoms with Gasteiger partial charge >= 0.3 is 11.9 Å². The highest BCUT2D eigenvalue weighted by atomic mass is 16.4. The Morgan fingerprint density at radius 2 is 0.876 bits per heavy atom. The lowest BCUT2D eigenvalue weighted by Gasteiger charge is -2.28. The first kappa shape index (κ1) is 84.8. The molecule has 0 aliphatic carbocycles. The number of carbonyl (C=O) groups excluding carboxylic acids is 11. The van der Waals surface area contributed by atoms with Crippen molar-refractivity contribution in [2.24, 2.45) is 23.3 Å². The van der Waals surface area contributed by atoms with Crippen molar-refractivity contribution in [2.45, 2.75) is 171 Å². The Hall–Kier alpha value is -10.9. The van der Waals surface area contributed by atoms with Gasteiger partial charge in [0, 0.05) is 42.8 Å². The van der Waals surface area contributed by atoms with Crippen LogP contribution in [0.25, 0.3) is 10.9 Å². The van der Waals surface area contributed by atoms with Gasteiger partial charge in [-0.1, -0.05) is 132 Å². The first-order valence-corrected chi connectivity index (χ1v) is 34.5. The monoisotopic (exact) mass is 1460 g/mol. The molecule has 0 radical (unpaired) electrons. The van der Waals surface area contributed by atoms with Gasteiger partial charge in [-0.2, -0.15) is 0 Å². The molecule has 0 aliphatic rings. The van der Waals surface area contributed by atoms with Gasteiger partial charge in [-0.25, -0.2) is 4.79 Å². The van der Waals surface area contributed by atoms with Crippen LogP contribution in [-0.2, 0) is 88.0 Å². The van der Waals surface area contributed by atoms with Crippen LogP contribution in [0.4, 0.5) is 0 Å². The molecule has 22 N–H and O–H groups in total. The number of para-hydroxylation sites is 1. The van der Waals surface area contributed by atoms with Gasteiger partial charge < -0.3 is 106 Å². The molecule has 0 aliphatic heterocycles. The molecule has 1 aromatic heterocycles. The number of carboxylic acids is 2. The minimum Gasteiger partial charge on any atom is -0.508 e. The molecule has 5 aromatic rings. The first-order chi connectivity index (χ1) is 50.0. The van der Waals surface area contributed by atoms with E-state index in [1.54, 1.807) is 105 Å². The van der Waals surface area contributed by atoms with E-state index in [1.807, 2.05) is 6.92 Å². The van der Waals surface area contributed by atoms with Crippen molar-refractivity contribution < 1.29 is 93.0 Å². The number of H-pyrrole nitrogens is 1. The van der Waals surface area contributed by atoms with Crippen LogP contribution in [0.5, 0.6) is 5.75 Å². The summed E-state index contributed by atoms with van der Waals surface area (Å²) < 4.78 is 0. The number of aromatic hydroxyl groups is 1. The van der Waals surface area contributed by atoms with Gasteiger partial charge in [0.25, 0.3) is 0 Å². The molecular formula is C72H98N14O19. The summed E-state index contributed by atoms with van der Waals surface area (Å²) in [6.45, 7) is 5.04. The van der Waals surface area contributed by atoms with Crippen LogP contribution in [0.1, 0.15) is 95.4 Å². The minimum absolute atomic E-state index is 0.0222. The Kier molecular flexibility index (Phi) is 34.4. The first-order valence-electron chi connectivity index (χ1n) is 34.5. The van der Waals surface area contributed by atoms with Gasteiger partial charge in [0.2, 0.25) is 65.0 Å². The molecule has 0 saturated heterocycles. The SMILES string of the molecule is CC[C@H](C)[C@H](N)C(=O)N[C@@H](Cc1ccccc1)C(=O)N[C@@H](Cc1c[nH]c2ccccc12)C(=O)N[C@@H](CO)C(=O)N[C@@H](CCCCN)C(=O)N[C@@H](CC(=O)O)C(=O)N[C@H](C(=O)NCC(=O)N[C@@H](Cc1ccc(O)cc1)C(=O)N[C@@H](CO)C(=O)N[C@@H](Cc1ccccc1)C(=O)N[C@H](C(=O)O)[C@@H](C)O)[C@@H](C)CC. The van der Waals surface area contributed by atoms with Crippen LogP contribution in [0.15, 0.2) is 115 Å². The van der Waals surface area contributed by atoms with Crippen LogP contribution in [0, 0.1) is 11.8 Å². The number of aromatic amines is 1. The highest BCUT2D eigenvalue weighted by molar-refractivity contribution is 6.00. The predicted octanol–water partition coefficient (Wildman–Crippen LogP) is -2.42. The standard InChI is InChI=1S/C72H98N14O19/c1-6-39(3)59(74)70(102)82-51(30-42-18-10-8-11-19-42)64(96)80-53(33-45-35-75-48-23-15-14-22-47(45)48)65(97)84-55(37-87)68(100)78-49(24-16-17-29-73)62(94)81-54(34-58(92)93)67(99)85-60(40(4)7-2)71(103)76-36-57(91)77-50(32-44-25-27-46(90)28-26-44)63(95)83-56(38-88)69(101)79-52(31-43-20-12-9-13-21-43)66(98)86-61(41(5)89)72(104)105/h8-15,18-23,25-28,35,39-41,49-56,59-61,75,87-90H,6-7,16-17,24,29-34,36-38,73-74H2,1-5H3,(H,76,103)(H,77,91)(H,78,100)(H,79,101)(H,80,96)(H,81,94)(H,82,102)(H,83,95)(H,84,97)(H,85,99)(H,86,98)(H,92,93)(H,104,105)/t39-,40-,41+,49-,50-,51-,52-,53-,54-,55-,56-,59-,60-,61-/m0/s1. The highest BCUT2D eigenvalue weighted by Crippen LogP contribution is 2.21. The van der Waals surface area contributed by atoms with E-state index in [-0.39, 0.29) is 63.2 Å². The number of benzene rings is 4. The van der Waals surface area contributed by atoms with Crippen molar-refractivity contribution in [1.29, 1.82) is 0 Å². The lowest BCUT2D eigenvalue weighted by atomic mass is 9.97. The smallest absolute Gasteiger partial charge is 0.328 e. The predicted molar refractivity (Wildman–Crippen MR) is 382 cm³/mol. The number of unbranched alkanes of at least 4 members (excludes halogenated alkanes) is 1. The van der Waals surface area contributed by atoms with E-state index in [9.17, 15) is 93.0 Å². The molecule has 0 unspecified atom stereocenters. The van der Waals surface area contributed by atoms with Crippen LogP contribution in [0.3, 0.4) is 0 Å². The Labute approximate surface area is 606 Å². The summed E-state index contributed by atoms with van der Waals surface area (Å²) in [5, 5.41) is 88.4. The number of carbonyl (C=O) groups is 13. The number of aromatic nitrogens is 1. The van der Waals surface area contributed by atoms with Crippen molar-refractivity contribution in [1.82, 2.24) is 63.5 Å². The lowest BCUT2D eigenvalue weighted by molar-refractivity contribution is -0.145. The summed E-state index contributed by atoms with van der Waals surface area (Å²) in [6, 6.07) is 12.0. The molecule has 33 nitrogen and oxygen atoms in total. The van der Waals surface area contributed by atoms with Gasteiger partial charge in [0.05, 0.1) is 38.3 Å². The number of phenolic OH excluding ortho intramolecular Hbond substituents is 1. The second-order valence-electron chi connectivity index (χ2n) is 25.7. The molecule has 0 spiro atoms. The summed E-state index contributed by atoms with van der Waals surface area (Å²) >= 11 is 0. The molecule has 1 heterocycles. The maximum absolute atomic E-state index is 14.6. The van der Waals surface area contributed by atoms with Crippen molar-refractivity contribution >= 4 is 87.8 Å². The van der Waals surface area contributed by atoms with Crippen LogP contribution in [0.2, 0.25) is 0 Å². The highest BCUT2D eigenvalue weighted by Gasteiger charge is 2.38. The summed E-state index contributed by atoms with van der Waals surface area (Å²) in [4.78, 5) is 182. The minimum atomic E-state index is -1.95. The van der Waals surface area contributed by atoms with Crippen molar-refractivity contribution in [3.8, 4) is 5.75 Å². The van der Waals surface area contributed by atoms with Crippen LogP contribution < -0.4 is 70.0 Å². The fraction of sp³-hybridized carbons (Fsp3) is 0.458. The number of aliphatic hydroxyl groups excluding tert-OH is 3. The summed E-state index contributed by atoms with van der Waals surface area (Å²) in [5.74, 6) is -15.5. The van der Waals surface area contributed by atoms with E-state index in [0.29, 0.717) is 46.0 Å². The van der Waals surface area contributed by atoms with Gasteiger partial charge in [-0.15, -0.1) is 0 Å². The zero-order valence-electron chi connectivity index (χ0n) is 59.1. The van der Waals surface area contributed by atoms with Crippen molar-refractivity contribution in [3.05, 3.63) is 138 Å². The van der Waals surface area contributed by atoms with E-state index >= 15 is 0 Å². The van der Waals surface area contributed by atoms with Gasteiger partial charge in [0.15, 0.2) is 6.04 Å². The Morgan fingerprint density at radius 3 is 1.37 bits per heavy atom. The van der Waals surface area contributed by atoms with E-state index < -0.39 is 182 Å². The number of amides is 11. The number of carboxylic acid groups (broad SMARTS) is 2. The zero-order chi connectivity index (χ0) is 77.4. The zero-order valence-corrected chi connectivity index (χ0v) is 59.1. The second-order valence-corrected chi connectivity index (χ2v) is 25.7. The number of fused-ring (bicyclic) bond motifs is 1. The van der Waals surface area contributed by atoms with E-state index in [4.69, 9.17) is 11.5 Å². The molecule has 14 atom stereocenters. The summed E-state index contributed by atoms with van der Waals surface area (Å²) in [5.41, 5.74) is 14.8. The number of nitrogens with two attached hydrogens (primary N) is 2. The largest absolute Gasteiger partial charge is 0.508 e. The fourth-order valence-electron chi connectivity index (χ4n) is 11.0. The van der Waals surface area contributed by atoms with Gasteiger partial charge in [-0.3, -0.25) is 57.5 Å². The third kappa shape index (κ3) is 27.0. The van der Waals surface area contributed by atoms with Crippen molar-refractivity contribution in [2.75, 3.05) is 26.3 Å². The van der Waals surface area contributed by atoms with E-state index in [1.165, 1.54) is 31.2 Å². The Morgan fingerprint density at radius 1 is 0.457 bits per heavy atom. The summed E-state index contributed by atoms with van der Waals surface area (Å²) in [6.07, 6.45) is -0.764. The molecule has 11 amide bonds. The third-order valence-electron chi connectivity index (χ3n) is 17.6. The van der Waals surface area contributed by atoms with Gasteiger partial charge in [-0.05, 0) is 85.0 Å². The number of rotatable bonds is 44. The normalized spacial score (nSPS) is 15.2. The fourth-order valence-corrected chi connectivity index (χ4v) is 11.0. The topological polar surface area (TPSA) is 543 Å². The third-order valence-corrected chi connectivity index (χ3v) is 17.6. The Bertz CT molecular complexity index is 3750. The average Bonchev–Trinajstić information content (AvgIpc) is 1.73. The number of hydrogen-bond donors (Lipinski definition) is 20. The van der Waals surface area contributed by atoms with Gasteiger partial charge in [0.1, 0.15) is 60.1 Å². The molecule has 0 bridgehead atoms. The number of phenols is 1.